The normalized spacial score (nSPS) is 12.9. The van der Waals surface area contributed by atoms with Gasteiger partial charge in [0.25, 0.3) is 0 Å². The van der Waals surface area contributed by atoms with E-state index in [1.165, 1.54) is 173 Å². The summed E-state index contributed by atoms with van der Waals surface area (Å²) in [6.07, 6.45) is 46.7. The van der Waals surface area contributed by atoms with Crippen molar-refractivity contribution in [3.63, 3.8) is 0 Å². The van der Waals surface area contributed by atoms with Crippen LogP contribution in [0.2, 0.25) is 0 Å². The topological polar surface area (TPSA) is 111 Å². The highest BCUT2D eigenvalue weighted by Crippen LogP contribution is 2.16. The summed E-state index contributed by atoms with van der Waals surface area (Å²) >= 11 is 0. The minimum Gasteiger partial charge on any atom is -0.545 e. The molecule has 9 heteroatoms. The van der Waals surface area contributed by atoms with Crippen LogP contribution < -0.4 is 5.11 Å². The fourth-order valence-electron chi connectivity index (χ4n) is 7.65. The Kier molecular flexibility index (Phi) is 44.1. The number of carboxylic acids is 1. The summed E-state index contributed by atoms with van der Waals surface area (Å²) < 4.78 is 22.7. The van der Waals surface area contributed by atoms with Gasteiger partial charge in [-0.2, -0.15) is 0 Å². The maximum absolute atomic E-state index is 12.8. The maximum Gasteiger partial charge on any atom is 0.306 e. The fraction of sp³-hybridized carbons (Fsp3) is 0.906. The molecule has 0 aliphatic rings. The van der Waals surface area contributed by atoms with Gasteiger partial charge in [-0.15, -0.1) is 0 Å². The zero-order valence-electron chi connectivity index (χ0n) is 41.5. The molecule has 0 saturated carbocycles. The van der Waals surface area contributed by atoms with E-state index in [4.69, 9.17) is 18.9 Å². The Morgan fingerprint density at radius 3 is 1.19 bits per heavy atom. The van der Waals surface area contributed by atoms with Crippen molar-refractivity contribution in [2.24, 2.45) is 0 Å². The molecule has 2 unspecified atom stereocenters. The van der Waals surface area contributed by atoms with E-state index >= 15 is 0 Å². The lowest BCUT2D eigenvalue weighted by molar-refractivity contribution is -0.870. The first-order chi connectivity index (χ1) is 30.1. The lowest BCUT2D eigenvalue weighted by Crippen LogP contribution is -2.44. The first-order valence-corrected chi connectivity index (χ1v) is 26.3. The molecule has 0 saturated heterocycles. The van der Waals surface area contributed by atoms with Gasteiger partial charge in [0.15, 0.2) is 12.4 Å². The SMILES string of the molecule is CCCCCCCC/C=C\CCCCCCCCCC(=O)OC(COC(=O)CCCCCCCCCCCCCCCCCCCCCC)COC(OCC[N+](C)(C)C)C(=O)[O-]. The minimum absolute atomic E-state index is 0.150. The summed E-state index contributed by atoms with van der Waals surface area (Å²) in [5, 5.41) is 11.7. The molecule has 0 rings (SSSR count). The predicted molar refractivity (Wildman–Crippen MR) is 256 cm³/mol. The van der Waals surface area contributed by atoms with Crippen molar-refractivity contribution in [3.05, 3.63) is 12.2 Å². The molecular formula is C53H101NO8. The van der Waals surface area contributed by atoms with Crippen LogP contribution in [0.4, 0.5) is 0 Å². The summed E-state index contributed by atoms with van der Waals surface area (Å²) in [7, 11) is 5.92. The first-order valence-electron chi connectivity index (χ1n) is 26.3. The summed E-state index contributed by atoms with van der Waals surface area (Å²) in [6.45, 7) is 4.78. The molecule has 0 fully saturated rings. The predicted octanol–water partition coefficient (Wildman–Crippen LogP) is 13.3. The highest BCUT2D eigenvalue weighted by atomic mass is 16.7. The Morgan fingerprint density at radius 2 is 0.823 bits per heavy atom. The van der Waals surface area contributed by atoms with Gasteiger partial charge in [-0.05, 0) is 38.5 Å². The number of likely N-dealkylation sites (N-methyl/N-ethyl adjacent to an activating group) is 1. The molecule has 0 aliphatic carbocycles. The molecule has 0 radical (unpaired) electrons. The Hall–Kier alpha value is -1.97. The van der Waals surface area contributed by atoms with E-state index < -0.39 is 24.3 Å². The zero-order chi connectivity index (χ0) is 45.6. The van der Waals surface area contributed by atoms with Crippen LogP contribution in [0.15, 0.2) is 12.2 Å². The summed E-state index contributed by atoms with van der Waals surface area (Å²) in [5.74, 6) is -2.27. The van der Waals surface area contributed by atoms with Gasteiger partial charge in [-0.25, -0.2) is 0 Å². The lowest BCUT2D eigenvalue weighted by atomic mass is 10.0. The fourth-order valence-corrected chi connectivity index (χ4v) is 7.65. The Labute approximate surface area is 383 Å². The molecular weight excluding hydrogens is 779 g/mol. The van der Waals surface area contributed by atoms with Crippen molar-refractivity contribution in [1.82, 2.24) is 0 Å². The standard InChI is InChI=1S/C53H101NO8/c1-6-8-10-12-14-16-18-20-22-24-25-26-28-29-31-33-35-37-39-41-43-50(55)60-47-49(48-61-53(52(57)58)59-46-45-54(3,4)5)62-51(56)44-42-40-38-36-34-32-30-27-23-21-19-17-15-13-11-9-7-2/h21,23,49,53H,6-20,22,24-48H2,1-5H3/b23-21-. The second-order valence-electron chi connectivity index (χ2n) is 19.2. The largest absolute Gasteiger partial charge is 0.545 e. The van der Waals surface area contributed by atoms with Crippen molar-refractivity contribution in [1.29, 1.82) is 0 Å². The third-order valence-electron chi connectivity index (χ3n) is 11.8. The number of carbonyl (C=O) groups excluding carboxylic acids is 3. The zero-order valence-corrected chi connectivity index (χ0v) is 41.5. The molecule has 0 spiro atoms. The van der Waals surface area contributed by atoms with Crippen molar-refractivity contribution in [2.45, 2.75) is 264 Å². The van der Waals surface area contributed by atoms with Gasteiger partial charge in [-0.3, -0.25) is 9.59 Å². The molecule has 0 N–H and O–H groups in total. The van der Waals surface area contributed by atoms with Gasteiger partial charge >= 0.3 is 11.9 Å². The second kappa shape index (κ2) is 45.6. The molecule has 0 aromatic heterocycles. The monoisotopic (exact) mass is 880 g/mol. The Bertz CT molecular complexity index is 1030. The number of rotatable bonds is 49. The minimum atomic E-state index is -1.62. The van der Waals surface area contributed by atoms with Crippen LogP contribution >= 0.6 is 0 Å². The average Bonchev–Trinajstić information content (AvgIpc) is 3.23. The summed E-state index contributed by atoms with van der Waals surface area (Å²) in [4.78, 5) is 37.1. The number of ether oxygens (including phenoxy) is 4. The van der Waals surface area contributed by atoms with Gasteiger partial charge in [0.05, 0.1) is 40.3 Å². The smallest absolute Gasteiger partial charge is 0.306 e. The number of allylic oxidation sites excluding steroid dienone is 2. The summed E-state index contributed by atoms with van der Waals surface area (Å²) in [5.41, 5.74) is 0. The van der Waals surface area contributed by atoms with Gasteiger partial charge < -0.3 is 33.3 Å². The second-order valence-corrected chi connectivity index (χ2v) is 19.2. The number of hydrogen-bond acceptors (Lipinski definition) is 8. The van der Waals surface area contributed by atoms with E-state index in [-0.39, 0.29) is 32.2 Å². The van der Waals surface area contributed by atoms with Crippen molar-refractivity contribution >= 4 is 17.9 Å². The Balaban J connectivity index is 4.29. The van der Waals surface area contributed by atoms with Gasteiger partial charge in [0.1, 0.15) is 13.2 Å². The molecule has 0 heterocycles. The van der Waals surface area contributed by atoms with Crippen LogP contribution in [-0.4, -0.2) is 82.3 Å². The maximum atomic E-state index is 12.8. The van der Waals surface area contributed by atoms with Crippen LogP contribution in [0.1, 0.15) is 251 Å². The highest BCUT2D eigenvalue weighted by Gasteiger charge is 2.22. The van der Waals surface area contributed by atoms with E-state index in [0.717, 1.165) is 44.9 Å². The first kappa shape index (κ1) is 60.0. The molecule has 0 aromatic carbocycles. The molecule has 62 heavy (non-hydrogen) atoms. The molecule has 0 amide bonds. The van der Waals surface area contributed by atoms with Gasteiger partial charge in [0, 0.05) is 12.8 Å². The van der Waals surface area contributed by atoms with Crippen molar-refractivity contribution in [2.75, 3.05) is 47.5 Å². The molecule has 366 valence electrons. The number of unbranched alkanes of at least 4 members (excludes halogenated alkanes) is 32. The average molecular weight is 880 g/mol. The number of esters is 2. The van der Waals surface area contributed by atoms with Crippen LogP contribution in [0.3, 0.4) is 0 Å². The van der Waals surface area contributed by atoms with Gasteiger partial charge in [-0.1, -0.05) is 212 Å². The third-order valence-corrected chi connectivity index (χ3v) is 11.8. The number of hydrogen-bond donors (Lipinski definition) is 0. The number of nitrogens with zero attached hydrogens (tertiary/aromatic N) is 1. The van der Waals surface area contributed by atoms with Crippen LogP contribution in [0.5, 0.6) is 0 Å². The van der Waals surface area contributed by atoms with Gasteiger partial charge in [0.2, 0.25) is 0 Å². The van der Waals surface area contributed by atoms with Crippen molar-refractivity contribution < 1.29 is 42.9 Å². The molecule has 2 atom stereocenters. The van der Waals surface area contributed by atoms with Crippen LogP contribution in [0.25, 0.3) is 0 Å². The molecule has 9 nitrogen and oxygen atoms in total. The molecule has 0 bridgehead atoms. The third kappa shape index (κ3) is 46.0. The van der Waals surface area contributed by atoms with E-state index in [0.29, 0.717) is 23.9 Å². The highest BCUT2D eigenvalue weighted by molar-refractivity contribution is 5.70. The molecule has 0 aliphatic heterocycles. The van der Waals surface area contributed by atoms with E-state index in [9.17, 15) is 19.5 Å². The Morgan fingerprint density at radius 1 is 0.468 bits per heavy atom. The molecule has 0 aromatic rings. The number of quaternary nitrogens is 1. The van der Waals surface area contributed by atoms with E-state index in [1.54, 1.807) is 0 Å². The van der Waals surface area contributed by atoms with Crippen LogP contribution in [0, 0.1) is 0 Å². The quantitative estimate of drug-likeness (QED) is 0.0195. The number of aliphatic carboxylic acids is 1. The van der Waals surface area contributed by atoms with Crippen molar-refractivity contribution in [3.8, 4) is 0 Å². The van der Waals surface area contributed by atoms with E-state index in [1.807, 2.05) is 21.1 Å². The number of carbonyl (C=O) groups is 3. The van der Waals surface area contributed by atoms with E-state index in [2.05, 4.69) is 26.0 Å². The summed E-state index contributed by atoms with van der Waals surface area (Å²) in [6, 6.07) is 0. The number of carboxylic acid groups (broad SMARTS) is 1. The van der Waals surface area contributed by atoms with Crippen LogP contribution in [-0.2, 0) is 33.3 Å². The lowest BCUT2D eigenvalue weighted by Gasteiger charge is -2.26.